The van der Waals surface area contributed by atoms with Gasteiger partial charge in [0.05, 0.1) is 40.8 Å². The Morgan fingerprint density at radius 2 is 2.03 bits per heavy atom. The second-order valence-corrected chi connectivity index (χ2v) is 9.91. The van der Waals surface area contributed by atoms with Crippen LogP contribution >= 0.6 is 11.6 Å². The number of fused-ring (bicyclic) bond motifs is 1. The Morgan fingerprint density at radius 3 is 2.81 bits per heavy atom. The molecule has 5 rings (SSSR count). The van der Waals surface area contributed by atoms with E-state index in [0.29, 0.717) is 46.7 Å². The van der Waals surface area contributed by atoms with Crippen molar-refractivity contribution in [2.24, 2.45) is 0 Å². The van der Waals surface area contributed by atoms with Crippen LogP contribution in [-0.2, 0) is 16.1 Å². The van der Waals surface area contributed by atoms with Crippen molar-refractivity contribution in [2.75, 3.05) is 25.1 Å². The number of anilines is 1. The van der Waals surface area contributed by atoms with Crippen LogP contribution in [0, 0.1) is 6.92 Å². The predicted octanol–water partition coefficient (Wildman–Crippen LogP) is 3.92. The van der Waals surface area contributed by atoms with E-state index < -0.39 is 0 Å². The number of nitrogens with one attached hydrogen (secondary N) is 2. The zero-order valence-electron chi connectivity index (χ0n) is 20.8. The quantitative estimate of drug-likeness (QED) is 0.486. The van der Waals surface area contributed by atoms with E-state index in [1.807, 2.05) is 38.1 Å². The van der Waals surface area contributed by atoms with Crippen molar-refractivity contribution in [1.82, 2.24) is 25.2 Å². The second kappa shape index (κ2) is 10.8. The molecule has 1 atom stereocenters. The Balaban J connectivity index is 1.27. The lowest BCUT2D eigenvalue weighted by Crippen LogP contribution is -2.38. The van der Waals surface area contributed by atoms with E-state index in [-0.39, 0.29) is 37.0 Å². The van der Waals surface area contributed by atoms with Gasteiger partial charge in [0.15, 0.2) is 0 Å². The fourth-order valence-corrected chi connectivity index (χ4v) is 4.83. The summed E-state index contributed by atoms with van der Waals surface area (Å²) in [7, 11) is 0. The fourth-order valence-electron chi connectivity index (χ4n) is 4.63. The highest BCUT2D eigenvalue weighted by atomic mass is 35.5. The molecule has 9 nitrogen and oxygen atoms in total. The Hall–Kier alpha value is -3.56. The van der Waals surface area contributed by atoms with E-state index in [9.17, 15) is 9.59 Å². The van der Waals surface area contributed by atoms with Crippen LogP contribution in [-0.4, -0.2) is 57.5 Å². The Labute approximate surface area is 220 Å². The molecule has 1 unspecified atom stereocenters. The van der Waals surface area contributed by atoms with Crippen LogP contribution in [0.5, 0.6) is 0 Å². The largest absolute Gasteiger partial charge is 0.381 e. The number of ether oxygens (including phenoxy) is 1. The minimum Gasteiger partial charge on any atom is -0.381 e. The zero-order chi connectivity index (χ0) is 25.9. The predicted molar refractivity (Wildman–Crippen MR) is 140 cm³/mol. The highest BCUT2D eigenvalue weighted by molar-refractivity contribution is 6.32. The molecule has 37 heavy (non-hydrogen) atoms. The van der Waals surface area contributed by atoms with Crippen molar-refractivity contribution in [3.63, 3.8) is 0 Å². The molecule has 0 radical (unpaired) electrons. The minimum atomic E-state index is -0.242. The molecule has 10 heteroatoms. The van der Waals surface area contributed by atoms with Gasteiger partial charge in [-0.05, 0) is 38.3 Å². The summed E-state index contributed by atoms with van der Waals surface area (Å²) in [5.74, 6) is 0.00523. The number of nitrogens with zero attached hydrogens (tertiary/aromatic N) is 4. The van der Waals surface area contributed by atoms with Crippen LogP contribution in [0.2, 0.25) is 5.02 Å². The monoisotopic (exact) mass is 520 g/mol. The van der Waals surface area contributed by atoms with Crippen LogP contribution < -0.4 is 10.6 Å². The molecule has 192 valence electrons. The number of aryl methyl sites for hydroxylation is 1. The Morgan fingerprint density at radius 1 is 1.22 bits per heavy atom. The summed E-state index contributed by atoms with van der Waals surface area (Å²) >= 11 is 6.42. The third kappa shape index (κ3) is 5.73. The third-order valence-electron chi connectivity index (χ3n) is 6.65. The molecular formula is C27H29ClN6O3. The van der Waals surface area contributed by atoms with Gasteiger partial charge in [0, 0.05) is 31.0 Å². The zero-order valence-corrected chi connectivity index (χ0v) is 21.6. The molecule has 2 aliphatic heterocycles. The summed E-state index contributed by atoms with van der Waals surface area (Å²) < 4.78 is 5.41. The summed E-state index contributed by atoms with van der Waals surface area (Å²) in [6, 6.07) is 9.79. The number of aromatic nitrogens is 3. The minimum absolute atomic E-state index is 0.0475. The summed E-state index contributed by atoms with van der Waals surface area (Å²) in [5, 5.41) is 6.68. The van der Waals surface area contributed by atoms with Gasteiger partial charge < -0.3 is 20.3 Å². The number of rotatable bonds is 7. The first kappa shape index (κ1) is 25.1. The summed E-state index contributed by atoms with van der Waals surface area (Å²) in [5.41, 5.74) is 4.33. The maximum Gasteiger partial charge on any atom is 0.256 e. The van der Waals surface area contributed by atoms with Crippen molar-refractivity contribution in [3.8, 4) is 11.3 Å². The number of pyridine rings is 1. The number of hydrogen-bond acceptors (Lipinski definition) is 7. The van der Waals surface area contributed by atoms with Crippen LogP contribution in [0.25, 0.3) is 11.3 Å². The molecule has 2 aliphatic rings. The van der Waals surface area contributed by atoms with Crippen molar-refractivity contribution in [2.45, 2.75) is 45.3 Å². The van der Waals surface area contributed by atoms with E-state index in [0.717, 1.165) is 24.0 Å². The van der Waals surface area contributed by atoms with Crippen molar-refractivity contribution < 1.29 is 14.3 Å². The lowest BCUT2D eigenvalue weighted by atomic mass is 10.1. The molecule has 3 aromatic rings. The van der Waals surface area contributed by atoms with E-state index in [1.54, 1.807) is 18.5 Å². The molecule has 4 heterocycles. The van der Waals surface area contributed by atoms with E-state index >= 15 is 0 Å². The Kier molecular flexibility index (Phi) is 7.34. The molecule has 0 saturated carbocycles. The maximum atomic E-state index is 13.1. The number of amides is 2. The van der Waals surface area contributed by atoms with Gasteiger partial charge in [0.25, 0.3) is 5.91 Å². The van der Waals surface area contributed by atoms with E-state index in [4.69, 9.17) is 16.3 Å². The van der Waals surface area contributed by atoms with Crippen molar-refractivity contribution in [1.29, 1.82) is 0 Å². The standard InChI is InChI=1S/C27H29ClN6O3/c1-16-4-3-5-18(10-16)17(2)31-24(35)15-34-14-23-21(26(34)36)11-19(12-29-23)25-22(28)13-30-27(33-25)32-20-6-8-37-9-7-20/h3-5,10-13,17,20H,6-9,14-15H2,1-2H3,(H,31,35)(H,30,32,33). The first-order valence-electron chi connectivity index (χ1n) is 12.4. The van der Waals surface area contributed by atoms with Crippen LogP contribution in [0.4, 0.5) is 5.95 Å². The van der Waals surface area contributed by atoms with Crippen LogP contribution in [0.3, 0.4) is 0 Å². The third-order valence-corrected chi connectivity index (χ3v) is 6.93. The summed E-state index contributed by atoms with van der Waals surface area (Å²) in [4.78, 5) is 40.8. The van der Waals surface area contributed by atoms with Crippen molar-refractivity contribution >= 4 is 29.4 Å². The highest BCUT2D eigenvalue weighted by Gasteiger charge is 2.31. The molecule has 0 spiro atoms. The molecule has 2 amide bonds. The fraction of sp³-hybridized carbons (Fsp3) is 0.370. The van der Waals surface area contributed by atoms with Gasteiger partial charge in [-0.15, -0.1) is 0 Å². The van der Waals surface area contributed by atoms with Gasteiger partial charge in [-0.3, -0.25) is 14.6 Å². The lowest BCUT2D eigenvalue weighted by molar-refractivity contribution is -0.122. The van der Waals surface area contributed by atoms with Gasteiger partial charge in [-0.1, -0.05) is 41.4 Å². The Bertz CT molecular complexity index is 1330. The maximum absolute atomic E-state index is 13.1. The topological polar surface area (TPSA) is 109 Å². The lowest BCUT2D eigenvalue weighted by Gasteiger charge is -2.23. The normalized spacial score (nSPS) is 16.4. The average molecular weight is 521 g/mol. The second-order valence-electron chi connectivity index (χ2n) is 9.50. The van der Waals surface area contributed by atoms with Crippen LogP contribution in [0.15, 0.2) is 42.7 Å². The molecular weight excluding hydrogens is 492 g/mol. The molecule has 1 saturated heterocycles. The molecule has 0 bridgehead atoms. The molecule has 2 N–H and O–H groups in total. The summed E-state index contributed by atoms with van der Waals surface area (Å²) in [6.45, 7) is 5.57. The molecule has 0 aliphatic carbocycles. The first-order chi connectivity index (χ1) is 17.9. The smallest absolute Gasteiger partial charge is 0.256 e. The number of carbonyl (C=O) groups is 2. The van der Waals surface area contributed by atoms with Gasteiger partial charge in [0.2, 0.25) is 11.9 Å². The van der Waals surface area contributed by atoms with E-state index in [1.165, 1.54) is 4.90 Å². The number of hydrogen-bond donors (Lipinski definition) is 2. The SMILES string of the molecule is Cc1cccc(C(C)NC(=O)CN2Cc3ncc(-c4nc(NC5CCOCC5)ncc4Cl)cc3C2=O)c1. The number of halogens is 1. The molecule has 1 fully saturated rings. The van der Waals surface area contributed by atoms with Gasteiger partial charge in [-0.25, -0.2) is 9.97 Å². The highest BCUT2D eigenvalue weighted by Crippen LogP contribution is 2.30. The number of benzene rings is 1. The van der Waals surface area contributed by atoms with E-state index in [2.05, 4.69) is 25.6 Å². The van der Waals surface area contributed by atoms with Crippen LogP contribution in [0.1, 0.15) is 53.0 Å². The number of carbonyl (C=O) groups excluding carboxylic acids is 2. The molecule has 1 aromatic carbocycles. The first-order valence-corrected chi connectivity index (χ1v) is 12.8. The summed E-state index contributed by atoms with van der Waals surface area (Å²) in [6.07, 6.45) is 4.96. The molecule has 2 aromatic heterocycles. The van der Waals surface area contributed by atoms with Gasteiger partial charge >= 0.3 is 0 Å². The van der Waals surface area contributed by atoms with Gasteiger partial charge in [-0.2, -0.15) is 0 Å². The average Bonchev–Trinajstić information content (AvgIpc) is 3.20. The van der Waals surface area contributed by atoms with Gasteiger partial charge in [0.1, 0.15) is 6.54 Å². The van der Waals surface area contributed by atoms with Crippen molar-refractivity contribution in [3.05, 3.63) is 70.1 Å².